The highest BCUT2D eigenvalue weighted by Gasteiger charge is 2.41. The van der Waals surface area contributed by atoms with Crippen LogP contribution in [0.2, 0.25) is 0 Å². The van der Waals surface area contributed by atoms with E-state index in [0.29, 0.717) is 5.75 Å². The van der Waals surface area contributed by atoms with Crippen LogP contribution in [-0.2, 0) is 9.59 Å². The Kier molecular flexibility index (Phi) is 4.85. The first-order valence-corrected chi connectivity index (χ1v) is 8.61. The Labute approximate surface area is 144 Å². The average Bonchev–Trinajstić information content (AvgIpc) is 2.98. The Bertz CT molecular complexity index is 736. The molecule has 124 valence electrons. The molecule has 2 amide bonds. The van der Waals surface area contributed by atoms with Crippen molar-refractivity contribution in [1.29, 1.82) is 0 Å². The second kappa shape index (κ2) is 7.05. The van der Waals surface area contributed by atoms with Crippen molar-refractivity contribution in [2.45, 2.75) is 11.4 Å². The maximum absolute atomic E-state index is 13.2. The topological polar surface area (TPSA) is 49.4 Å². The van der Waals surface area contributed by atoms with Gasteiger partial charge in [-0.25, -0.2) is 4.39 Å². The standard InChI is InChI=1S/C18H17FN2O2S/c1-20-17(23)16(12-5-3-2-4-6-12)21-15(22)11-24-18(21)13-7-9-14(19)10-8-13/h2-10,16,18H,11H2,1H3,(H,20,23)/t16-,18-/m0/s1. The molecule has 0 aliphatic carbocycles. The number of halogens is 1. The van der Waals surface area contributed by atoms with Crippen LogP contribution in [0.4, 0.5) is 4.39 Å². The molecule has 1 aliphatic heterocycles. The van der Waals surface area contributed by atoms with E-state index in [1.807, 2.05) is 30.3 Å². The lowest BCUT2D eigenvalue weighted by Gasteiger charge is -2.32. The van der Waals surface area contributed by atoms with Gasteiger partial charge in [0.05, 0.1) is 5.75 Å². The molecule has 4 nitrogen and oxygen atoms in total. The smallest absolute Gasteiger partial charge is 0.247 e. The van der Waals surface area contributed by atoms with Gasteiger partial charge in [0.1, 0.15) is 17.2 Å². The van der Waals surface area contributed by atoms with Crippen LogP contribution in [0.3, 0.4) is 0 Å². The largest absolute Gasteiger partial charge is 0.357 e. The van der Waals surface area contributed by atoms with Gasteiger partial charge >= 0.3 is 0 Å². The molecule has 2 aromatic carbocycles. The van der Waals surface area contributed by atoms with Gasteiger partial charge in [-0.2, -0.15) is 0 Å². The van der Waals surface area contributed by atoms with Crippen LogP contribution in [0.25, 0.3) is 0 Å². The van der Waals surface area contributed by atoms with Crippen LogP contribution in [0.5, 0.6) is 0 Å². The number of nitrogens with zero attached hydrogens (tertiary/aromatic N) is 1. The van der Waals surface area contributed by atoms with Crippen molar-refractivity contribution in [2.24, 2.45) is 0 Å². The lowest BCUT2D eigenvalue weighted by atomic mass is 10.0. The molecule has 1 aliphatic rings. The van der Waals surface area contributed by atoms with Crippen LogP contribution < -0.4 is 5.32 Å². The highest BCUT2D eigenvalue weighted by atomic mass is 32.2. The van der Waals surface area contributed by atoms with E-state index < -0.39 is 6.04 Å². The van der Waals surface area contributed by atoms with Gasteiger partial charge in [0.15, 0.2) is 0 Å². The molecule has 3 rings (SSSR count). The van der Waals surface area contributed by atoms with Crippen LogP contribution in [0, 0.1) is 5.82 Å². The number of amides is 2. The summed E-state index contributed by atoms with van der Waals surface area (Å²) in [6.45, 7) is 0. The summed E-state index contributed by atoms with van der Waals surface area (Å²) in [5, 5.41) is 2.32. The molecular weight excluding hydrogens is 327 g/mol. The normalized spacial score (nSPS) is 18.5. The van der Waals surface area contributed by atoms with E-state index in [1.54, 1.807) is 24.1 Å². The number of benzene rings is 2. The van der Waals surface area contributed by atoms with Crippen molar-refractivity contribution in [3.05, 3.63) is 71.5 Å². The minimum absolute atomic E-state index is 0.105. The monoisotopic (exact) mass is 344 g/mol. The molecule has 24 heavy (non-hydrogen) atoms. The molecule has 0 aromatic heterocycles. The highest BCUT2D eigenvalue weighted by molar-refractivity contribution is 8.00. The molecule has 6 heteroatoms. The van der Waals surface area contributed by atoms with Crippen LogP contribution in [0.1, 0.15) is 22.5 Å². The quantitative estimate of drug-likeness (QED) is 0.928. The van der Waals surface area contributed by atoms with E-state index in [0.717, 1.165) is 11.1 Å². The number of carbonyl (C=O) groups is 2. The van der Waals surface area contributed by atoms with E-state index in [1.165, 1.54) is 23.9 Å². The van der Waals surface area contributed by atoms with Crippen molar-refractivity contribution < 1.29 is 14.0 Å². The third-order valence-electron chi connectivity index (χ3n) is 3.95. The molecule has 0 bridgehead atoms. The summed E-state index contributed by atoms with van der Waals surface area (Å²) in [6, 6.07) is 14.5. The minimum atomic E-state index is -0.714. The first-order valence-electron chi connectivity index (χ1n) is 7.56. The van der Waals surface area contributed by atoms with Gasteiger partial charge < -0.3 is 10.2 Å². The SMILES string of the molecule is CNC(=O)[C@H](c1ccccc1)N1C(=O)CS[C@H]1c1ccc(F)cc1. The summed E-state index contributed by atoms with van der Waals surface area (Å²) in [6.07, 6.45) is 0. The number of likely N-dealkylation sites (N-methyl/N-ethyl adjacent to an activating group) is 1. The molecule has 2 aromatic rings. The minimum Gasteiger partial charge on any atom is -0.357 e. The Morgan fingerprint density at radius 2 is 1.88 bits per heavy atom. The van der Waals surface area contributed by atoms with E-state index in [9.17, 15) is 14.0 Å². The van der Waals surface area contributed by atoms with Gasteiger partial charge in [-0.05, 0) is 23.3 Å². The van der Waals surface area contributed by atoms with Crippen molar-refractivity contribution in [3.63, 3.8) is 0 Å². The molecule has 2 atom stereocenters. The van der Waals surface area contributed by atoms with Gasteiger partial charge in [-0.1, -0.05) is 42.5 Å². The fraction of sp³-hybridized carbons (Fsp3) is 0.222. The zero-order valence-corrected chi connectivity index (χ0v) is 13.9. The van der Waals surface area contributed by atoms with Crippen LogP contribution in [-0.4, -0.2) is 29.5 Å². The van der Waals surface area contributed by atoms with Crippen molar-refractivity contribution in [3.8, 4) is 0 Å². The molecular formula is C18H17FN2O2S. The second-order valence-electron chi connectivity index (χ2n) is 5.44. The highest BCUT2D eigenvalue weighted by Crippen LogP contribution is 2.43. The number of rotatable bonds is 4. The summed E-state index contributed by atoms with van der Waals surface area (Å²) in [5.74, 6) is -0.385. The molecule has 0 spiro atoms. The zero-order chi connectivity index (χ0) is 17.1. The third-order valence-corrected chi connectivity index (χ3v) is 5.18. The summed E-state index contributed by atoms with van der Waals surface area (Å²) in [4.78, 5) is 26.6. The Balaban J connectivity index is 2.02. The Morgan fingerprint density at radius 3 is 2.50 bits per heavy atom. The first-order chi connectivity index (χ1) is 11.6. The molecule has 1 fully saturated rings. The molecule has 1 saturated heterocycles. The van der Waals surface area contributed by atoms with E-state index in [-0.39, 0.29) is 23.0 Å². The van der Waals surface area contributed by atoms with Gasteiger partial charge in [0.25, 0.3) is 0 Å². The molecule has 0 saturated carbocycles. The lowest BCUT2D eigenvalue weighted by Crippen LogP contribution is -2.41. The first kappa shape index (κ1) is 16.5. The van der Waals surface area contributed by atoms with Crippen molar-refractivity contribution in [2.75, 3.05) is 12.8 Å². The summed E-state index contributed by atoms with van der Waals surface area (Å²) >= 11 is 1.44. The fourth-order valence-corrected chi connectivity index (χ4v) is 4.01. The fourth-order valence-electron chi connectivity index (χ4n) is 2.81. The maximum atomic E-state index is 13.2. The number of carbonyl (C=O) groups excluding carboxylic acids is 2. The molecule has 1 N–H and O–H groups in total. The van der Waals surface area contributed by atoms with Crippen LogP contribution >= 0.6 is 11.8 Å². The Morgan fingerprint density at radius 1 is 1.21 bits per heavy atom. The predicted molar refractivity (Wildman–Crippen MR) is 91.7 cm³/mol. The predicted octanol–water partition coefficient (Wildman–Crippen LogP) is 2.89. The average molecular weight is 344 g/mol. The number of hydrogen-bond acceptors (Lipinski definition) is 3. The van der Waals surface area contributed by atoms with Gasteiger partial charge in [0, 0.05) is 7.05 Å². The lowest BCUT2D eigenvalue weighted by molar-refractivity contribution is -0.138. The summed E-state index contributed by atoms with van der Waals surface area (Å²) in [7, 11) is 1.55. The van der Waals surface area contributed by atoms with Gasteiger partial charge in [0.2, 0.25) is 11.8 Å². The van der Waals surface area contributed by atoms with Gasteiger partial charge in [-0.15, -0.1) is 11.8 Å². The molecule has 0 unspecified atom stereocenters. The number of nitrogens with one attached hydrogen (secondary N) is 1. The van der Waals surface area contributed by atoms with Crippen molar-refractivity contribution in [1.82, 2.24) is 10.2 Å². The number of hydrogen-bond donors (Lipinski definition) is 1. The summed E-state index contributed by atoms with van der Waals surface area (Å²) in [5.41, 5.74) is 1.55. The second-order valence-corrected chi connectivity index (χ2v) is 6.51. The van der Waals surface area contributed by atoms with Gasteiger partial charge in [-0.3, -0.25) is 9.59 Å². The maximum Gasteiger partial charge on any atom is 0.247 e. The van der Waals surface area contributed by atoms with E-state index >= 15 is 0 Å². The molecule has 0 radical (unpaired) electrons. The summed E-state index contributed by atoms with van der Waals surface area (Å²) < 4.78 is 13.2. The van der Waals surface area contributed by atoms with E-state index in [2.05, 4.69) is 5.32 Å². The third kappa shape index (κ3) is 3.14. The molecule has 1 heterocycles. The van der Waals surface area contributed by atoms with E-state index in [4.69, 9.17) is 0 Å². The van der Waals surface area contributed by atoms with Crippen LogP contribution in [0.15, 0.2) is 54.6 Å². The number of thioether (sulfide) groups is 1. The Hall–Kier alpha value is -2.34. The zero-order valence-electron chi connectivity index (χ0n) is 13.1. The van der Waals surface area contributed by atoms with Crippen molar-refractivity contribution >= 4 is 23.6 Å².